The smallest absolute Gasteiger partial charge is 0.172 e. The highest BCUT2D eigenvalue weighted by molar-refractivity contribution is 6.29. The molecule has 1 heterocycles. The number of pyridine rings is 1. The Labute approximate surface area is 97.9 Å². The second-order valence-corrected chi connectivity index (χ2v) is 3.36. The van der Waals surface area contributed by atoms with E-state index in [0.29, 0.717) is 10.7 Å². The zero-order valence-corrected chi connectivity index (χ0v) is 9.40. The van der Waals surface area contributed by atoms with Crippen LogP contribution in [0.2, 0.25) is 5.15 Å². The predicted molar refractivity (Wildman–Crippen MR) is 59.4 cm³/mol. The fraction of sp³-hybridized carbons (Fsp3) is 0.182. The number of ether oxygens (including phenoxy) is 1. The number of halogens is 1. The minimum absolute atomic E-state index is 0.205. The van der Waals surface area contributed by atoms with Crippen molar-refractivity contribution in [3.63, 3.8) is 0 Å². The molecule has 0 aliphatic carbocycles. The van der Waals surface area contributed by atoms with Gasteiger partial charge in [-0.3, -0.25) is 9.59 Å². The summed E-state index contributed by atoms with van der Waals surface area (Å²) < 4.78 is 4.57. The molecule has 0 N–H and O–H groups in total. The van der Waals surface area contributed by atoms with Crippen LogP contribution in [0.1, 0.15) is 16.8 Å². The molecular formula is C11H10ClNO3. The topological polar surface area (TPSA) is 56.3 Å². The number of nitrogens with zero attached hydrogens (tertiary/aromatic N) is 1. The molecule has 0 aliphatic heterocycles. The standard InChI is InChI=1S/C11H10ClNO3/c1-16-5-4-9(14)6-10(15)8-2-3-11(12)13-7-8/h2-5,7H,6H2,1H3/b5-4+. The van der Waals surface area contributed by atoms with Gasteiger partial charge in [0.1, 0.15) is 5.15 Å². The number of carbonyl (C=O) groups is 2. The molecule has 0 spiro atoms. The van der Waals surface area contributed by atoms with E-state index in [-0.39, 0.29) is 18.0 Å². The summed E-state index contributed by atoms with van der Waals surface area (Å²) in [5, 5.41) is 0.308. The van der Waals surface area contributed by atoms with Crippen LogP contribution in [-0.4, -0.2) is 23.7 Å². The summed E-state index contributed by atoms with van der Waals surface area (Å²) in [7, 11) is 1.43. The Balaban J connectivity index is 2.62. The van der Waals surface area contributed by atoms with Crippen LogP contribution in [-0.2, 0) is 9.53 Å². The predicted octanol–water partition coefficient (Wildman–Crippen LogP) is 2.04. The molecule has 0 aliphatic rings. The summed E-state index contributed by atoms with van der Waals surface area (Å²) >= 11 is 5.57. The van der Waals surface area contributed by atoms with Crippen molar-refractivity contribution >= 4 is 23.2 Å². The molecule has 0 saturated heterocycles. The van der Waals surface area contributed by atoms with Crippen LogP contribution < -0.4 is 0 Å². The first-order valence-electron chi connectivity index (χ1n) is 4.50. The van der Waals surface area contributed by atoms with E-state index in [9.17, 15) is 9.59 Å². The quantitative estimate of drug-likeness (QED) is 0.259. The van der Waals surface area contributed by atoms with Crippen molar-refractivity contribution in [1.29, 1.82) is 0 Å². The summed E-state index contributed by atoms with van der Waals surface area (Å²) in [5.74, 6) is -0.614. The van der Waals surface area contributed by atoms with Gasteiger partial charge in [-0.25, -0.2) is 4.98 Å². The van der Waals surface area contributed by atoms with Gasteiger partial charge in [0.25, 0.3) is 0 Å². The van der Waals surface area contributed by atoms with Crippen LogP contribution in [0, 0.1) is 0 Å². The van der Waals surface area contributed by atoms with E-state index in [1.807, 2.05) is 0 Å². The van der Waals surface area contributed by atoms with Crippen LogP contribution in [0.5, 0.6) is 0 Å². The number of hydrogen-bond donors (Lipinski definition) is 0. The summed E-state index contributed by atoms with van der Waals surface area (Å²) in [6.45, 7) is 0. The molecule has 84 valence electrons. The summed E-state index contributed by atoms with van der Waals surface area (Å²) in [6.07, 6.45) is 3.58. The maximum absolute atomic E-state index is 11.6. The molecule has 4 nitrogen and oxygen atoms in total. The zero-order chi connectivity index (χ0) is 12.0. The highest BCUT2D eigenvalue weighted by Crippen LogP contribution is 2.07. The Morgan fingerprint density at radius 3 is 2.81 bits per heavy atom. The van der Waals surface area contributed by atoms with Crippen molar-refractivity contribution < 1.29 is 14.3 Å². The lowest BCUT2D eigenvalue weighted by Crippen LogP contribution is -2.06. The van der Waals surface area contributed by atoms with Gasteiger partial charge in [-0.05, 0) is 12.1 Å². The Kier molecular flexibility index (Phi) is 4.66. The second-order valence-electron chi connectivity index (χ2n) is 2.97. The zero-order valence-electron chi connectivity index (χ0n) is 8.64. The highest BCUT2D eigenvalue weighted by atomic mass is 35.5. The normalized spacial score (nSPS) is 10.4. The first-order valence-corrected chi connectivity index (χ1v) is 4.88. The van der Waals surface area contributed by atoms with Gasteiger partial charge in [0.2, 0.25) is 0 Å². The number of hydrogen-bond acceptors (Lipinski definition) is 4. The molecule has 16 heavy (non-hydrogen) atoms. The van der Waals surface area contributed by atoms with Crippen LogP contribution >= 0.6 is 11.6 Å². The molecule has 0 amide bonds. The molecule has 1 rings (SSSR count). The third-order valence-corrected chi connectivity index (χ3v) is 2.00. The van der Waals surface area contributed by atoms with E-state index in [1.165, 1.54) is 37.8 Å². The third kappa shape index (κ3) is 3.82. The van der Waals surface area contributed by atoms with E-state index in [2.05, 4.69) is 9.72 Å². The summed E-state index contributed by atoms with van der Waals surface area (Å²) in [6, 6.07) is 3.04. The Morgan fingerprint density at radius 2 is 2.25 bits per heavy atom. The van der Waals surface area contributed by atoms with Crippen LogP contribution in [0.25, 0.3) is 0 Å². The van der Waals surface area contributed by atoms with Crippen molar-refractivity contribution in [2.24, 2.45) is 0 Å². The molecule has 0 fully saturated rings. The average Bonchev–Trinajstić information content (AvgIpc) is 2.27. The van der Waals surface area contributed by atoms with Gasteiger partial charge in [-0.2, -0.15) is 0 Å². The van der Waals surface area contributed by atoms with E-state index < -0.39 is 0 Å². The molecule has 1 aromatic rings. The van der Waals surface area contributed by atoms with Gasteiger partial charge < -0.3 is 4.74 Å². The largest absolute Gasteiger partial charge is 0.504 e. The number of ketones is 2. The number of methoxy groups -OCH3 is 1. The van der Waals surface area contributed by atoms with Crippen LogP contribution in [0.3, 0.4) is 0 Å². The number of Topliss-reactive ketones (excluding diaryl/α,β-unsaturated/α-hetero) is 1. The van der Waals surface area contributed by atoms with E-state index in [0.717, 1.165) is 0 Å². The van der Waals surface area contributed by atoms with Crippen molar-refractivity contribution in [2.45, 2.75) is 6.42 Å². The van der Waals surface area contributed by atoms with Crippen LogP contribution in [0.15, 0.2) is 30.7 Å². The Morgan fingerprint density at radius 1 is 1.50 bits per heavy atom. The number of rotatable bonds is 5. The number of aromatic nitrogens is 1. The second kappa shape index (κ2) is 6.02. The SMILES string of the molecule is CO/C=C/C(=O)CC(=O)c1ccc(Cl)nc1. The maximum atomic E-state index is 11.6. The van der Waals surface area contributed by atoms with Gasteiger partial charge in [0.05, 0.1) is 19.8 Å². The molecule has 0 unspecified atom stereocenters. The van der Waals surface area contributed by atoms with E-state index in [1.54, 1.807) is 0 Å². The van der Waals surface area contributed by atoms with Crippen molar-refractivity contribution in [3.05, 3.63) is 41.4 Å². The van der Waals surface area contributed by atoms with E-state index >= 15 is 0 Å². The van der Waals surface area contributed by atoms with Crippen molar-refractivity contribution in [2.75, 3.05) is 7.11 Å². The van der Waals surface area contributed by atoms with Gasteiger partial charge >= 0.3 is 0 Å². The lowest BCUT2D eigenvalue weighted by atomic mass is 10.1. The van der Waals surface area contributed by atoms with Crippen molar-refractivity contribution in [3.8, 4) is 0 Å². The van der Waals surface area contributed by atoms with Gasteiger partial charge in [0.15, 0.2) is 11.6 Å². The fourth-order valence-corrected chi connectivity index (χ4v) is 1.12. The van der Waals surface area contributed by atoms with Gasteiger partial charge in [-0.1, -0.05) is 11.6 Å². The average molecular weight is 240 g/mol. The maximum Gasteiger partial charge on any atom is 0.172 e. The Hall–Kier alpha value is -1.68. The molecule has 0 bridgehead atoms. The first kappa shape index (κ1) is 12.4. The molecule has 0 saturated carbocycles. The molecule has 0 aromatic carbocycles. The minimum atomic E-state index is -0.318. The monoisotopic (exact) mass is 239 g/mol. The third-order valence-electron chi connectivity index (χ3n) is 1.77. The van der Waals surface area contributed by atoms with E-state index in [4.69, 9.17) is 11.6 Å². The summed E-state index contributed by atoms with van der Waals surface area (Å²) in [5.41, 5.74) is 0.364. The minimum Gasteiger partial charge on any atom is -0.504 e. The van der Waals surface area contributed by atoms with Gasteiger partial charge in [-0.15, -0.1) is 0 Å². The lowest BCUT2D eigenvalue weighted by molar-refractivity contribution is -0.113. The Bertz CT molecular complexity index is 412. The molecule has 5 heteroatoms. The highest BCUT2D eigenvalue weighted by Gasteiger charge is 2.10. The fourth-order valence-electron chi connectivity index (χ4n) is 1.00. The number of carbonyl (C=O) groups excluding carboxylic acids is 2. The summed E-state index contributed by atoms with van der Waals surface area (Å²) in [4.78, 5) is 26.5. The molecular weight excluding hydrogens is 230 g/mol. The number of allylic oxidation sites excluding steroid dienone is 1. The van der Waals surface area contributed by atoms with Crippen LogP contribution in [0.4, 0.5) is 0 Å². The lowest BCUT2D eigenvalue weighted by Gasteiger charge is -1.97. The van der Waals surface area contributed by atoms with Gasteiger partial charge in [0, 0.05) is 17.8 Å². The van der Waals surface area contributed by atoms with Crippen molar-refractivity contribution in [1.82, 2.24) is 4.98 Å². The molecule has 0 atom stereocenters. The molecule has 1 aromatic heterocycles. The first-order chi connectivity index (χ1) is 7.63. The molecule has 0 radical (unpaired) electrons.